The first-order chi connectivity index (χ1) is 12.1. The molecule has 1 aliphatic rings. The number of oxazole rings is 1. The van der Waals surface area contributed by atoms with Crippen molar-refractivity contribution in [3.63, 3.8) is 0 Å². The van der Waals surface area contributed by atoms with Crippen LogP contribution in [0.3, 0.4) is 0 Å². The van der Waals surface area contributed by atoms with Gasteiger partial charge in [0.15, 0.2) is 5.58 Å². The molecule has 4 rings (SSSR count). The number of benzene rings is 2. The Morgan fingerprint density at radius 1 is 1.20 bits per heavy atom. The lowest BCUT2D eigenvalue weighted by Gasteiger charge is -2.29. The predicted octanol–water partition coefficient (Wildman–Crippen LogP) is 3.62. The summed E-state index contributed by atoms with van der Waals surface area (Å²) >= 11 is 6.01. The quantitative estimate of drug-likeness (QED) is 0.720. The Bertz CT molecular complexity index is 1010. The molecule has 0 aliphatic carbocycles. The van der Waals surface area contributed by atoms with E-state index in [0.717, 1.165) is 18.5 Å². The number of anilines is 1. The molecular formula is C19H17ClN2O3. The zero-order valence-electron chi connectivity index (χ0n) is 13.6. The average molecular weight is 357 g/mol. The highest BCUT2D eigenvalue weighted by Gasteiger charge is 2.22. The zero-order chi connectivity index (χ0) is 17.4. The fraction of sp³-hybridized carbons (Fsp3) is 0.263. The third-order valence-corrected chi connectivity index (χ3v) is 4.83. The van der Waals surface area contributed by atoms with Crippen LogP contribution in [0.15, 0.2) is 51.7 Å². The number of carbonyl (C=O) groups is 1. The highest BCUT2D eigenvalue weighted by molar-refractivity contribution is 6.31. The fourth-order valence-corrected chi connectivity index (χ4v) is 3.55. The number of carbonyl (C=O) groups excluding carboxylic acids is 1. The summed E-state index contributed by atoms with van der Waals surface area (Å²) in [7, 11) is 0. The van der Waals surface area contributed by atoms with Gasteiger partial charge >= 0.3 is 5.76 Å². The van der Waals surface area contributed by atoms with Crippen LogP contribution in [0.2, 0.25) is 5.02 Å². The summed E-state index contributed by atoms with van der Waals surface area (Å²) in [6, 6.07) is 13.0. The van der Waals surface area contributed by atoms with Crippen molar-refractivity contribution in [2.75, 3.05) is 11.4 Å². The SMILES string of the molecule is O=C(CCn1c(=O)oc2ccc(Cl)cc21)N1CCCc2ccccc21. The molecule has 0 fully saturated rings. The van der Waals surface area contributed by atoms with Crippen LogP contribution in [-0.2, 0) is 17.8 Å². The second kappa shape index (κ2) is 6.41. The van der Waals surface area contributed by atoms with Crippen molar-refractivity contribution >= 4 is 34.3 Å². The van der Waals surface area contributed by atoms with Gasteiger partial charge in [0, 0.05) is 30.2 Å². The van der Waals surface area contributed by atoms with Gasteiger partial charge in [0.1, 0.15) is 0 Å². The number of halogens is 1. The van der Waals surface area contributed by atoms with Crippen LogP contribution in [0.1, 0.15) is 18.4 Å². The van der Waals surface area contributed by atoms with Gasteiger partial charge in [-0.25, -0.2) is 4.79 Å². The predicted molar refractivity (Wildman–Crippen MR) is 97.2 cm³/mol. The monoisotopic (exact) mass is 356 g/mol. The molecule has 1 aliphatic heterocycles. The lowest BCUT2D eigenvalue weighted by atomic mass is 10.0. The number of aromatic nitrogens is 1. The number of nitrogens with zero attached hydrogens (tertiary/aromatic N) is 2. The van der Waals surface area contributed by atoms with E-state index in [0.29, 0.717) is 22.7 Å². The molecule has 3 aromatic rings. The third kappa shape index (κ3) is 2.96. The number of hydrogen-bond donors (Lipinski definition) is 0. The van der Waals surface area contributed by atoms with E-state index in [1.165, 1.54) is 10.1 Å². The van der Waals surface area contributed by atoms with Crippen LogP contribution in [0.4, 0.5) is 5.69 Å². The first kappa shape index (κ1) is 16.0. The molecule has 0 saturated carbocycles. The van der Waals surface area contributed by atoms with Crippen molar-refractivity contribution in [2.24, 2.45) is 0 Å². The average Bonchev–Trinajstić information content (AvgIpc) is 2.93. The summed E-state index contributed by atoms with van der Waals surface area (Å²) in [5.41, 5.74) is 3.26. The van der Waals surface area contributed by atoms with E-state index in [4.69, 9.17) is 16.0 Å². The molecule has 0 atom stereocenters. The smallest absolute Gasteiger partial charge is 0.408 e. The maximum atomic E-state index is 12.7. The Labute approximate surface area is 149 Å². The Kier molecular flexibility index (Phi) is 4.09. The zero-order valence-corrected chi connectivity index (χ0v) is 14.3. The van der Waals surface area contributed by atoms with Gasteiger partial charge in [0.2, 0.25) is 5.91 Å². The molecule has 5 nitrogen and oxygen atoms in total. The number of fused-ring (bicyclic) bond motifs is 2. The minimum atomic E-state index is -0.468. The maximum absolute atomic E-state index is 12.7. The molecule has 2 heterocycles. The van der Waals surface area contributed by atoms with Crippen LogP contribution >= 0.6 is 11.6 Å². The van der Waals surface area contributed by atoms with Crippen molar-refractivity contribution in [1.82, 2.24) is 4.57 Å². The van der Waals surface area contributed by atoms with Gasteiger partial charge in [-0.2, -0.15) is 0 Å². The Balaban J connectivity index is 1.57. The van der Waals surface area contributed by atoms with Gasteiger partial charge in [-0.15, -0.1) is 0 Å². The molecule has 6 heteroatoms. The summed E-state index contributed by atoms with van der Waals surface area (Å²) in [4.78, 5) is 26.6. The van der Waals surface area contributed by atoms with Crippen LogP contribution < -0.4 is 10.7 Å². The van der Waals surface area contributed by atoms with E-state index in [2.05, 4.69) is 6.07 Å². The summed E-state index contributed by atoms with van der Waals surface area (Å²) in [6.07, 6.45) is 2.17. The van der Waals surface area contributed by atoms with E-state index in [1.54, 1.807) is 18.2 Å². The van der Waals surface area contributed by atoms with E-state index < -0.39 is 5.76 Å². The van der Waals surface area contributed by atoms with Gasteiger partial charge in [0.05, 0.1) is 5.52 Å². The third-order valence-electron chi connectivity index (χ3n) is 4.59. The highest BCUT2D eigenvalue weighted by Crippen LogP contribution is 2.27. The van der Waals surface area contributed by atoms with Crippen LogP contribution in [0, 0.1) is 0 Å². The largest absolute Gasteiger partial charge is 0.419 e. The summed E-state index contributed by atoms with van der Waals surface area (Å²) < 4.78 is 6.68. The Morgan fingerprint density at radius 3 is 2.92 bits per heavy atom. The van der Waals surface area contributed by atoms with Gasteiger partial charge in [0.25, 0.3) is 0 Å². The second-order valence-corrected chi connectivity index (χ2v) is 6.60. The molecule has 0 spiro atoms. The number of aryl methyl sites for hydroxylation is 2. The minimum absolute atomic E-state index is 0.00966. The molecule has 0 radical (unpaired) electrons. The second-order valence-electron chi connectivity index (χ2n) is 6.16. The number of rotatable bonds is 3. The molecule has 25 heavy (non-hydrogen) atoms. The van der Waals surface area contributed by atoms with Crippen LogP contribution in [-0.4, -0.2) is 17.0 Å². The summed E-state index contributed by atoms with van der Waals surface area (Å²) in [5.74, 6) is -0.459. The van der Waals surface area contributed by atoms with Crippen molar-refractivity contribution in [3.05, 3.63) is 63.6 Å². The molecule has 128 valence electrons. The van der Waals surface area contributed by atoms with Crippen LogP contribution in [0.25, 0.3) is 11.1 Å². The molecule has 1 aromatic heterocycles. The molecule has 0 unspecified atom stereocenters. The summed E-state index contributed by atoms with van der Waals surface area (Å²) in [6.45, 7) is 0.979. The molecule has 0 bridgehead atoms. The molecular weight excluding hydrogens is 340 g/mol. The van der Waals surface area contributed by atoms with E-state index in [9.17, 15) is 9.59 Å². The molecule has 1 amide bonds. The topological polar surface area (TPSA) is 55.5 Å². The van der Waals surface area contributed by atoms with E-state index in [-0.39, 0.29) is 18.9 Å². The first-order valence-corrected chi connectivity index (χ1v) is 8.68. The van der Waals surface area contributed by atoms with Crippen molar-refractivity contribution < 1.29 is 9.21 Å². The van der Waals surface area contributed by atoms with E-state index >= 15 is 0 Å². The number of amides is 1. The van der Waals surface area contributed by atoms with Gasteiger partial charge in [-0.1, -0.05) is 29.8 Å². The van der Waals surface area contributed by atoms with Gasteiger partial charge < -0.3 is 9.32 Å². The van der Waals surface area contributed by atoms with Gasteiger partial charge in [-0.3, -0.25) is 9.36 Å². The minimum Gasteiger partial charge on any atom is -0.408 e. The normalized spacial score (nSPS) is 13.9. The van der Waals surface area contributed by atoms with E-state index in [1.807, 2.05) is 23.1 Å². The van der Waals surface area contributed by atoms with Gasteiger partial charge in [-0.05, 0) is 42.7 Å². The Morgan fingerprint density at radius 2 is 2.04 bits per heavy atom. The van der Waals surface area contributed by atoms with Crippen LogP contribution in [0.5, 0.6) is 0 Å². The standard InChI is InChI=1S/C19H17ClN2O3/c20-14-7-8-17-16(12-14)22(19(24)25-17)11-9-18(23)21-10-3-5-13-4-1-2-6-15(13)21/h1-2,4,6-8,12H,3,5,9-11H2. The highest BCUT2D eigenvalue weighted by atomic mass is 35.5. The lowest BCUT2D eigenvalue weighted by Crippen LogP contribution is -2.36. The molecule has 0 saturated heterocycles. The lowest BCUT2D eigenvalue weighted by molar-refractivity contribution is -0.118. The number of para-hydroxylation sites is 1. The number of hydrogen-bond acceptors (Lipinski definition) is 3. The van der Waals surface area contributed by atoms with Crippen molar-refractivity contribution in [1.29, 1.82) is 0 Å². The first-order valence-electron chi connectivity index (χ1n) is 8.30. The summed E-state index contributed by atoms with van der Waals surface area (Å²) in [5, 5.41) is 0.526. The fourth-order valence-electron chi connectivity index (χ4n) is 3.38. The Hall–Kier alpha value is -2.53. The molecule has 2 aromatic carbocycles. The maximum Gasteiger partial charge on any atom is 0.419 e. The molecule has 0 N–H and O–H groups in total. The van der Waals surface area contributed by atoms with Crippen molar-refractivity contribution in [3.8, 4) is 0 Å². The van der Waals surface area contributed by atoms with Crippen molar-refractivity contribution in [2.45, 2.75) is 25.8 Å².